The molecule has 0 aliphatic rings. The summed E-state index contributed by atoms with van der Waals surface area (Å²) >= 11 is 6.35. The highest BCUT2D eigenvalue weighted by atomic mass is 35.5. The lowest BCUT2D eigenvalue weighted by atomic mass is 10.2. The van der Waals surface area contributed by atoms with Crippen molar-refractivity contribution in [3.8, 4) is 11.4 Å². The Bertz CT molecular complexity index is 1290. The van der Waals surface area contributed by atoms with E-state index < -0.39 is 7.14 Å². The molecule has 4 rings (SSSR count). The van der Waals surface area contributed by atoms with Crippen LogP contribution in [-0.4, -0.2) is 35.0 Å². The summed E-state index contributed by atoms with van der Waals surface area (Å²) in [6.45, 7) is 3.46. The predicted molar refractivity (Wildman–Crippen MR) is 131 cm³/mol. The van der Waals surface area contributed by atoms with E-state index in [9.17, 15) is 4.57 Å². The van der Waals surface area contributed by atoms with Gasteiger partial charge in [0.25, 0.3) is 0 Å². The second kappa shape index (κ2) is 9.07. The number of ether oxygens (including phenoxy) is 1. The van der Waals surface area contributed by atoms with Crippen LogP contribution >= 0.6 is 18.7 Å². The van der Waals surface area contributed by atoms with Crippen molar-refractivity contribution in [2.24, 2.45) is 0 Å². The van der Waals surface area contributed by atoms with Gasteiger partial charge < -0.3 is 24.5 Å². The molecule has 0 spiro atoms. The summed E-state index contributed by atoms with van der Waals surface area (Å²) in [5, 5.41) is 7.49. The summed E-state index contributed by atoms with van der Waals surface area (Å²) in [7, 11) is -0.891. The predicted octanol–water partition coefficient (Wildman–Crippen LogP) is 5.66. The molecular formula is C23H23ClN5O2P. The SMILES string of the molecule is COc1ccc(-n2cccc2)cc1Nc1ncc(Cl)c(Nc2ccccc2P(C)(C)=O)n1. The van der Waals surface area contributed by atoms with Gasteiger partial charge in [-0.15, -0.1) is 0 Å². The number of hydrogen-bond acceptors (Lipinski definition) is 6. The van der Waals surface area contributed by atoms with Crippen molar-refractivity contribution in [1.82, 2.24) is 14.5 Å². The van der Waals surface area contributed by atoms with Crippen LogP contribution in [0.4, 0.5) is 23.1 Å². The van der Waals surface area contributed by atoms with E-state index >= 15 is 0 Å². The summed E-state index contributed by atoms with van der Waals surface area (Å²) in [5.41, 5.74) is 2.36. The Labute approximate surface area is 191 Å². The van der Waals surface area contributed by atoms with Crippen molar-refractivity contribution in [1.29, 1.82) is 0 Å². The lowest BCUT2D eigenvalue weighted by Gasteiger charge is -2.16. The molecule has 0 aliphatic heterocycles. The fourth-order valence-electron chi connectivity index (χ4n) is 3.27. The van der Waals surface area contributed by atoms with Gasteiger partial charge in [-0.1, -0.05) is 23.7 Å². The van der Waals surface area contributed by atoms with Crippen molar-refractivity contribution >= 4 is 47.2 Å². The van der Waals surface area contributed by atoms with Gasteiger partial charge in [0, 0.05) is 23.4 Å². The van der Waals surface area contributed by atoms with Crippen molar-refractivity contribution < 1.29 is 9.30 Å². The van der Waals surface area contributed by atoms with E-state index in [1.54, 1.807) is 20.4 Å². The Balaban J connectivity index is 1.66. The molecule has 7 nitrogen and oxygen atoms in total. The molecule has 164 valence electrons. The highest BCUT2D eigenvalue weighted by molar-refractivity contribution is 7.70. The van der Waals surface area contributed by atoms with Crippen molar-refractivity contribution in [2.45, 2.75) is 0 Å². The minimum atomic E-state index is -2.50. The third kappa shape index (κ3) is 4.79. The fraction of sp³-hybridized carbons (Fsp3) is 0.130. The van der Waals surface area contributed by atoms with Crippen LogP contribution in [0.3, 0.4) is 0 Å². The average Bonchev–Trinajstić information content (AvgIpc) is 3.31. The Hall–Kier alpha value is -3.28. The van der Waals surface area contributed by atoms with E-state index in [1.165, 1.54) is 6.20 Å². The third-order valence-corrected chi connectivity index (χ3v) is 6.64. The largest absolute Gasteiger partial charge is 0.495 e. The Morgan fingerprint density at radius 2 is 1.75 bits per heavy atom. The molecule has 0 unspecified atom stereocenters. The Morgan fingerprint density at radius 1 is 1.00 bits per heavy atom. The first-order chi connectivity index (χ1) is 15.3. The van der Waals surface area contributed by atoms with Crippen molar-refractivity contribution in [3.63, 3.8) is 0 Å². The quantitative estimate of drug-likeness (QED) is 0.341. The number of anilines is 4. The molecule has 4 aromatic rings. The molecule has 2 aromatic heterocycles. The summed E-state index contributed by atoms with van der Waals surface area (Å²) in [5.74, 6) is 1.40. The van der Waals surface area contributed by atoms with Crippen LogP contribution in [0, 0.1) is 0 Å². The fourth-order valence-corrected chi connectivity index (χ4v) is 4.57. The molecule has 0 atom stereocenters. The van der Waals surface area contributed by atoms with Crippen LogP contribution in [-0.2, 0) is 4.57 Å². The van der Waals surface area contributed by atoms with E-state index in [4.69, 9.17) is 16.3 Å². The topological polar surface area (TPSA) is 81.1 Å². The van der Waals surface area contributed by atoms with Gasteiger partial charge in [-0.25, -0.2) is 4.98 Å². The van der Waals surface area contributed by atoms with E-state index in [1.807, 2.05) is 71.6 Å². The number of aromatic nitrogens is 3. The molecule has 2 heterocycles. The average molecular weight is 468 g/mol. The first-order valence-corrected chi connectivity index (χ1v) is 12.9. The maximum Gasteiger partial charge on any atom is 0.229 e. The smallest absolute Gasteiger partial charge is 0.229 e. The van der Waals surface area contributed by atoms with E-state index in [-0.39, 0.29) is 0 Å². The van der Waals surface area contributed by atoms with Crippen molar-refractivity contribution in [2.75, 3.05) is 31.1 Å². The second-order valence-electron chi connectivity index (χ2n) is 7.48. The van der Waals surface area contributed by atoms with E-state index in [0.717, 1.165) is 11.0 Å². The molecule has 9 heteroatoms. The molecule has 0 amide bonds. The molecule has 0 saturated heterocycles. The lowest BCUT2D eigenvalue weighted by molar-refractivity contribution is 0.416. The zero-order valence-corrected chi connectivity index (χ0v) is 19.6. The molecule has 0 fully saturated rings. The summed E-state index contributed by atoms with van der Waals surface area (Å²) in [6.07, 6.45) is 5.44. The van der Waals surface area contributed by atoms with Crippen LogP contribution in [0.15, 0.2) is 73.2 Å². The number of halogens is 1. The van der Waals surface area contributed by atoms with Gasteiger partial charge in [-0.3, -0.25) is 0 Å². The number of hydrogen-bond donors (Lipinski definition) is 2. The van der Waals surface area contributed by atoms with Crippen LogP contribution in [0.2, 0.25) is 5.02 Å². The summed E-state index contributed by atoms with van der Waals surface area (Å²) < 4.78 is 20.2. The van der Waals surface area contributed by atoms with Gasteiger partial charge >= 0.3 is 0 Å². The van der Waals surface area contributed by atoms with Gasteiger partial charge in [-0.05, 0) is 55.8 Å². The number of para-hydroxylation sites is 1. The third-order valence-electron chi connectivity index (χ3n) is 4.81. The molecule has 32 heavy (non-hydrogen) atoms. The first kappa shape index (κ1) is 21.9. The van der Waals surface area contributed by atoms with Crippen LogP contribution in [0.1, 0.15) is 0 Å². The molecule has 0 bridgehead atoms. The number of nitrogens with zero attached hydrogens (tertiary/aromatic N) is 3. The lowest BCUT2D eigenvalue weighted by Crippen LogP contribution is -2.11. The number of nitrogens with one attached hydrogen (secondary N) is 2. The molecule has 2 N–H and O–H groups in total. The zero-order chi connectivity index (χ0) is 22.7. The first-order valence-electron chi connectivity index (χ1n) is 9.88. The van der Waals surface area contributed by atoms with E-state index in [2.05, 4.69) is 20.6 Å². The highest BCUT2D eigenvalue weighted by Gasteiger charge is 2.17. The maximum atomic E-state index is 12.7. The normalized spacial score (nSPS) is 11.2. The zero-order valence-electron chi connectivity index (χ0n) is 17.9. The van der Waals surface area contributed by atoms with Gasteiger partial charge in [-0.2, -0.15) is 4.98 Å². The number of benzene rings is 2. The highest BCUT2D eigenvalue weighted by Crippen LogP contribution is 2.38. The Morgan fingerprint density at radius 3 is 2.47 bits per heavy atom. The van der Waals surface area contributed by atoms with Crippen LogP contribution < -0.4 is 20.7 Å². The van der Waals surface area contributed by atoms with Gasteiger partial charge in [0.05, 0.1) is 24.7 Å². The van der Waals surface area contributed by atoms with Gasteiger partial charge in [0.2, 0.25) is 5.95 Å². The van der Waals surface area contributed by atoms with E-state index in [0.29, 0.717) is 33.9 Å². The second-order valence-corrected chi connectivity index (χ2v) is 11.1. The molecular weight excluding hydrogens is 445 g/mol. The number of rotatable bonds is 7. The maximum absolute atomic E-state index is 12.7. The van der Waals surface area contributed by atoms with Crippen LogP contribution in [0.25, 0.3) is 5.69 Å². The summed E-state index contributed by atoms with van der Waals surface area (Å²) in [4.78, 5) is 8.84. The monoisotopic (exact) mass is 467 g/mol. The van der Waals surface area contributed by atoms with Crippen molar-refractivity contribution in [3.05, 3.63) is 78.2 Å². The van der Waals surface area contributed by atoms with Gasteiger partial charge in [0.15, 0.2) is 5.82 Å². The van der Waals surface area contributed by atoms with Crippen LogP contribution in [0.5, 0.6) is 5.75 Å². The standard InChI is InChI=1S/C23H23ClN5O2P/c1-31-20-11-10-16(29-12-6-7-13-29)14-19(20)27-23-25-15-17(24)22(28-23)26-18-8-4-5-9-21(18)32(2,3)30/h4-15H,1-3H3,(H2,25,26,27,28). The minimum absolute atomic E-state index is 0.341. The number of methoxy groups -OCH3 is 1. The molecule has 0 aliphatic carbocycles. The molecule has 0 radical (unpaired) electrons. The molecule has 0 saturated carbocycles. The summed E-state index contributed by atoms with van der Waals surface area (Å²) in [6, 6.07) is 17.1. The van der Waals surface area contributed by atoms with Gasteiger partial charge in [0.1, 0.15) is 17.9 Å². The molecule has 2 aromatic carbocycles. The Kier molecular flexibility index (Phi) is 6.21. The minimum Gasteiger partial charge on any atom is -0.495 e.